The highest BCUT2D eigenvalue weighted by Crippen LogP contribution is 2.13. The topological polar surface area (TPSA) is 80.7 Å². The molecule has 0 saturated heterocycles. The zero-order valence-corrected chi connectivity index (χ0v) is 16.2. The fraction of sp³-hybridized carbons (Fsp3) is 0.611. The zero-order chi connectivity index (χ0) is 18.7. The van der Waals surface area contributed by atoms with Crippen molar-refractivity contribution in [2.75, 3.05) is 19.0 Å². The first kappa shape index (κ1) is 21.9. The molecule has 5 nitrogen and oxygen atoms in total. The lowest BCUT2D eigenvalue weighted by Crippen LogP contribution is -2.33. The minimum absolute atomic E-state index is 0.0268. The Hall–Kier alpha value is -1.11. The van der Waals surface area contributed by atoms with Crippen LogP contribution in [0.1, 0.15) is 44.6 Å². The van der Waals surface area contributed by atoms with Gasteiger partial charge in [-0.25, -0.2) is 8.42 Å². The van der Waals surface area contributed by atoms with E-state index in [0.717, 1.165) is 24.8 Å². The largest absolute Gasteiger partial charge is 0.480 e. The SMILES string of the molecule is CCCCCCS(=O)(=O)C(CCOCCc1cccc(Cl)c1)C(=O)O. The third kappa shape index (κ3) is 8.70. The lowest BCUT2D eigenvalue weighted by molar-refractivity contribution is -0.136. The molecular weight excluding hydrogens is 364 g/mol. The lowest BCUT2D eigenvalue weighted by Gasteiger charge is -2.14. The average Bonchev–Trinajstić information content (AvgIpc) is 2.54. The number of sulfone groups is 1. The fourth-order valence-corrected chi connectivity index (χ4v) is 4.37. The predicted octanol–water partition coefficient (Wildman–Crippen LogP) is 3.74. The summed E-state index contributed by atoms with van der Waals surface area (Å²) >= 11 is 5.90. The molecule has 25 heavy (non-hydrogen) atoms. The highest BCUT2D eigenvalue weighted by Gasteiger charge is 2.31. The normalized spacial score (nSPS) is 12.9. The number of halogens is 1. The van der Waals surface area contributed by atoms with Gasteiger partial charge in [-0.05, 0) is 37.0 Å². The van der Waals surface area contributed by atoms with Gasteiger partial charge in [0.15, 0.2) is 15.1 Å². The van der Waals surface area contributed by atoms with Crippen LogP contribution in [0.25, 0.3) is 0 Å². The van der Waals surface area contributed by atoms with Crippen LogP contribution in [0.3, 0.4) is 0 Å². The molecule has 1 aromatic rings. The van der Waals surface area contributed by atoms with Gasteiger partial charge in [0.05, 0.1) is 12.4 Å². The van der Waals surface area contributed by atoms with Gasteiger partial charge in [0.25, 0.3) is 0 Å². The van der Waals surface area contributed by atoms with E-state index in [1.165, 1.54) is 0 Å². The molecule has 0 saturated carbocycles. The van der Waals surface area contributed by atoms with Crippen molar-refractivity contribution < 1.29 is 23.1 Å². The average molecular weight is 391 g/mol. The van der Waals surface area contributed by atoms with Gasteiger partial charge in [0.1, 0.15) is 0 Å². The first-order chi connectivity index (χ1) is 11.9. The molecule has 142 valence electrons. The summed E-state index contributed by atoms with van der Waals surface area (Å²) in [4.78, 5) is 11.3. The van der Waals surface area contributed by atoms with Gasteiger partial charge in [0.2, 0.25) is 0 Å². The minimum atomic E-state index is -3.64. The number of ether oxygens (including phenoxy) is 1. The van der Waals surface area contributed by atoms with Crippen LogP contribution in [0.4, 0.5) is 0 Å². The quantitative estimate of drug-likeness (QED) is 0.519. The molecule has 1 rings (SSSR count). The van der Waals surface area contributed by atoms with Crippen molar-refractivity contribution in [3.63, 3.8) is 0 Å². The Balaban J connectivity index is 2.38. The molecule has 0 aliphatic rings. The Kier molecular flexibility index (Phi) is 10.1. The Morgan fingerprint density at radius 2 is 2.00 bits per heavy atom. The van der Waals surface area contributed by atoms with E-state index >= 15 is 0 Å². The van der Waals surface area contributed by atoms with E-state index < -0.39 is 21.1 Å². The molecule has 0 spiro atoms. The summed E-state index contributed by atoms with van der Waals surface area (Å²) in [6.45, 7) is 2.53. The van der Waals surface area contributed by atoms with Gasteiger partial charge in [-0.1, -0.05) is 49.9 Å². The number of carboxylic acid groups (broad SMARTS) is 1. The van der Waals surface area contributed by atoms with Crippen LogP contribution in [-0.2, 0) is 25.8 Å². The number of benzene rings is 1. The van der Waals surface area contributed by atoms with Crippen LogP contribution < -0.4 is 0 Å². The zero-order valence-electron chi connectivity index (χ0n) is 14.6. The van der Waals surface area contributed by atoms with Crippen LogP contribution in [-0.4, -0.2) is 43.7 Å². The number of hydrogen-bond donors (Lipinski definition) is 1. The van der Waals surface area contributed by atoms with Crippen molar-refractivity contribution in [2.45, 2.75) is 50.7 Å². The number of carboxylic acids is 1. The van der Waals surface area contributed by atoms with Crippen molar-refractivity contribution in [1.82, 2.24) is 0 Å². The Morgan fingerprint density at radius 1 is 1.24 bits per heavy atom. The first-order valence-corrected chi connectivity index (χ1v) is 10.7. The molecule has 0 fully saturated rings. The second-order valence-electron chi connectivity index (χ2n) is 6.04. The van der Waals surface area contributed by atoms with Crippen LogP contribution >= 0.6 is 11.6 Å². The van der Waals surface area contributed by atoms with Crippen LogP contribution in [0, 0.1) is 0 Å². The van der Waals surface area contributed by atoms with Gasteiger partial charge in [-0.15, -0.1) is 0 Å². The van der Waals surface area contributed by atoms with Crippen LogP contribution in [0.5, 0.6) is 0 Å². The highest BCUT2D eigenvalue weighted by molar-refractivity contribution is 7.92. The maximum Gasteiger partial charge on any atom is 0.321 e. The van der Waals surface area contributed by atoms with Gasteiger partial charge in [-0.3, -0.25) is 4.79 Å². The predicted molar refractivity (Wildman–Crippen MR) is 99.9 cm³/mol. The lowest BCUT2D eigenvalue weighted by atomic mass is 10.2. The van der Waals surface area contributed by atoms with Crippen molar-refractivity contribution in [2.24, 2.45) is 0 Å². The Labute approximate surface area is 155 Å². The molecule has 7 heteroatoms. The van der Waals surface area contributed by atoms with Crippen molar-refractivity contribution in [3.05, 3.63) is 34.9 Å². The second-order valence-corrected chi connectivity index (χ2v) is 8.77. The number of rotatable bonds is 13. The van der Waals surface area contributed by atoms with Crippen molar-refractivity contribution in [1.29, 1.82) is 0 Å². The van der Waals surface area contributed by atoms with Crippen LogP contribution in [0.2, 0.25) is 5.02 Å². The third-order valence-electron chi connectivity index (χ3n) is 3.94. The second kappa shape index (κ2) is 11.5. The minimum Gasteiger partial charge on any atom is -0.480 e. The van der Waals surface area contributed by atoms with E-state index in [0.29, 0.717) is 24.5 Å². The first-order valence-electron chi connectivity index (χ1n) is 8.63. The van der Waals surface area contributed by atoms with E-state index in [4.69, 9.17) is 16.3 Å². The maximum absolute atomic E-state index is 12.2. The van der Waals surface area contributed by atoms with E-state index in [1.54, 1.807) is 6.07 Å². The van der Waals surface area contributed by atoms with Crippen molar-refractivity contribution >= 4 is 27.4 Å². The van der Waals surface area contributed by atoms with Gasteiger partial charge in [-0.2, -0.15) is 0 Å². The van der Waals surface area contributed by atoms with Gasteiger partial charge < -0.3 is 9.84 Å². The fourth-order valence-electron chi connectivity index (χ4n) is 2.50. The highest BCUT2D eigenvalue weighted by atomic mass is 35.5. The molecule has 0 aromatic heterocycles. The van der Waals surface area contributed by atoms with Crippen molar-refractivity contribution in [3.8, 4) is 0 Å². The monoisotopic (exact) mass is 390 g/mol. The molecule has 0 amide bonds. The molecule has 0 heterocycles. The summed E-state index contributed by atoms with van der Waals surface area (Å²) in [5, 5.41) is 8.49. The van der Waals surface area contributed by atoms with Crippen LogP contribution in [0.15, 0.2) is 24.3 Å². The third-order valence-corrected chi connectivity index (χ3v) is 6.34. The molecule has 1 aromatic carbocycles. The molecule has 0 aliphatic heterocycles. The van der Waals surface area contributed by atoms with E-state index in [-0.39, 0.29) is 18.8 Å². The molecule has 1 unspecified atom stereocenters. The molecule has 1 N–H and O–H groups in total. The molecule has 0 radical (unpaired) electrons. The summed E-state index contributed by atoms with van der Waals surface area (Å²) in [5.74, 6) is -1.37. The Morgan fingerprint density at radius 3 is 2.64 bits per heavy atom. The maximum atomic E-state index is 12.2. The summed E-state index contributed by atoms with van der Waals surface area (Å²) in [5.41, 5.74) is 1.02. The number of unbranched alkanes of at least 4 members (excludes halogenated alkanes) is 3. The summed E-state index contributed by atoms with van der Waals surface area (Å²) in [6.07, 6.45) is 3.89. The molecular formula is C18H27ClO5S. The number of hydrogen-bond acceptors (Lipinski definition) is 4. The van der Waals surface area contributed by atoms with Gasteiger partial charge in [0, 0.05) is 11.6 Å². The number of aliphatic carboxylic acids is 1. The summed E-state index contributed by atoms with van der Waals surface area (Å²) in [7, 11) is -3.64. The Bertz CT molecular complexity index is 630. The standard InChI is InChI=1S/C18H27ClO5S/c1-2-3-4-5-13-25(22,23)17(18(20)21)10-12-24-11-9-15-7-6-8-16(19)14-15/h6-8,14,17H,2-5,9-13H2,1H3,(H,20,21). The number of carbonyl (C=O) groups is 1. The van der Waals surface area contributed by atoms with E-state index in [2.05, 4.69) is 0 Å². The van der Waals surface area contributed by atoms with E-state index in [1.807, 2.05) is 25.1 Å². The molecule has 0 aliphatic carbocycles. The molecule has 1 atom stereocenters. The van der Waals surface area contributed by atoms with E-state index in [9.17, 15) is 18.3 Å². The molecule has 0 bridgehead atoms. The smallest absolute Gasteiger partial charge is 0.321 e. The summed E-state index contributed by atoms with van der Waals surface area (Å²) in [6, 6.07) is 7.40. The summed E-state index contributed by atoms with van der Waals surface area (Å²) < 4.78 is 29.8. The van der Waals surface area contributed by atoms with Gasteiger partial charge >= 0.3 is 5.97 Å².